The molecule has 10 heteroatoms. The molecule has 2 N–H and O–H groups in total. The lowest BCUT2D eigenvalue weighted by Crippen LogP contribution is -2.43. The number of sulfonamides is 1. The Labute approximate surface area is 175 Å². The van der Waals surface area contributed by atoms with Crippen LogP contribution in [0.4, 0.5) is 5.69 Å². The summed E-state index contributed by atoms with van der Waals surface area (Å²) >= 11 is 4.45. The summed E-state index contributed by atoms with van der Waals surface area (Å²) in [6, 6.07) is 8.52. The van der Waals surface area contributed by atoms with E-state index >= 15 is 0 Å². The lowest BCUT2D eigenvalue weighted by Gasteiger charge is -2.30. The number of fused-ring (bicyclic) bond motifs is 1. The molecule has 2 aliphatic rings. The Bertz CT molecular complexity index is 1050. The average Bonchev–Trinajstić information content (AvgIpc) is 3.28. The van der Waals surface area contributed by atoms with Gasteiger partial charge in [0.1, 0.15) is 4.21 Å². The first-order valence-corrected chi connectivity index (χ1v) is 11.9. The summed E-state index contributed by atoms with van der Waals surface area (Å²) in [5.41, 5.74) is 2.01. The second-order valence-electron chi connectivity index (χ2n) is 6.80. The van der Waals surface area contributed by atoms with Crippen molar-refractivity contribution < 1.29 is 18.0 Å². The molecule has 0 saturated carbocycles. The highest BCUT2D eigenvalue weighted by atomic mass is 79.9. The van der Waals surface area contributed by atoms with Crippen LogP contribution in [0.2, 0.25) is 0 Å². The third-order valence-electron chi connectivity index (χ3n) is 4.96. The first-order chi connectivity index (χ1) is 13.3. The number of carbonyl (C=O) groups excluding carboxylic acids is 2. The molecule has 148 valence electrons. The molecule has 0 radical (unpaired) electrons. The third kappa shape index (κ3) is 3.73. The van der Waals surface area contributed by atoms with Gasteiger partial charge in [-0.3, -0.25) is 9.59 Å². The normalized spacial score (nSPS) is 19.9. The van der Waals surface area contributed by atoms with Crippen molar-refractivity contribution in [2.75, 3.05) is 18.4 Å². The predicted octanol–water partition coefficient (Wildman–Crippen LogP) is 2.79. The van der Waals surface area contributed by atoms with E-state index in [0.29, 0.717) is 37.2 Å². The van der Waals surface area contributed by atoms with Crippen LogP contribution in [0.15, 0.2) is 38.3 Å². The Balaban J connectivity index is 1.47. The largest absolute Gasteiger partial charge is 0.348 e. The number of nitrogens with one attached hydrogen (secondary N) is 2. The van der Waals surface area contributed by atoms with Gasteiger partial charge in [-0.15, -0.1) is 11.3 Å². The molecule has 4 rings (SSSR count). The van der Waals surface area contributed by atoms with Crippen LogP contribution >= 0.6 is 27.3 Å². The van der Waals surface area contributed by atoms with Crippen LogP contribution in [0.25, 0.3) is 0 Å². The molecule has 3 heterocycles. The van der Waals surface area contributed by atoms with E-state index in [-0.39, 0.29) is 22.6 Å². The fourth-order valence-corrected chi connectivity index (χ4v) is 7.16. The fraction of sp³-hybridized carbons (Fsp3) is 0.333. The number of thiophene rings is 1. The van der Waals surface area contributed by atoms with E-state index in [1.54, 1.807) is 24.3 Å². The van der Waals surface area contributed by atoms with Crippen LogP contribution in [0.3, 0.4) is 0 Å². The summed E-state index contributed by atoms with van der Waals surface area (Å²) in [7, 11) is -3.61. The molecule has 7 nitrogen and oxygen atoms in total. The van der Waals surface area contributed by atoms with Crippen LogP contribution in [-0.4, -0.2) is 37.6 Å². The number of hydrogen-bond donors (Lipinski definition) is 2. The van der Waals surface area contributed by atoms with Gasteiger partial charge in [0.2, 0.25) is 5.91 Å². The molecule has 0 spiro atoms. The molecule has 1 aromatic carbocycles. The number of hydrogen-bond acceptors (Lipinski definition) is 5. The molecule has 1 unspecified atom stereocenters. The van der Waals surface area contributed by atoms with E-state index in [4.69, 9.17) is 0 Å². The van der Waals surface area contributed by atoms with Gasteiger partial charge in [-0.25, -0.2) is 8.42 Å². The minimum Gasteiger partial charge on any atom is -0.348 e. The maximum absolute atomic E-state index is 12.8. The molecule has 1 aromatic heterocycles. The summed E-state index contributed by atoms with van der Waals surface area (Å²) < 4.78 is 28.1. The first kappa shape index (κ1) is 19.6. The number of halogens is 1. The van der Waals surface area contributed by atoms with Crippen molar-refractivity contribution in [1.29, 1.82) is 0 Å². The monoisotopic (exact) mass is 483 g/mol. The number of rotatable bonds is 4. The SMILES string of the molecule is O=C1NCc2ccc(NC(=O)C3CCCN(S(=O)(=O)c4ccc(Br)s4)C3)cc21. The third-order valence-corrected chi connectivity index (χ3v) is 8.92. The Morgan fingerprint density at radius 3 is 2.86 bits per heavy atom. The molecule has 2 aromatic rings. The highest BCUT2D eigenvalue weighted by Crippen LogP contribution is 2.31. The van der Waals surface area contributed by atoms with Crippen LogP contribution < -0.4 is 10.6 Å². The van der Waals surface area contributed by atoms with E-state index < -0.39 is 15.9 Å². The van der Waals surface area contributed by atoms with Crippen LogP contribution in [0.1, 0.15) is 28.8 Å². The highest BCUT2D eigenvalue weighted by molar-refractivity contribution is 9.11. The molecule has 1 saturated heterocycles. The number of benzene rings is 1. The highest BCUT2D eigenvalue weighted by Gasteiger charge is 2.34. The zero-order chi connectivity index (χ0) is 19.9. The van der Waals surface area contributed by atoms with Gasteiger partial charge >= 0.3 is 0 Å². The van der Waals surface area contributed by atoms with Crippen molar-refractivity contribution in [3.63, 3.8) is 0 Å². The van der Waals surface area contributed by atoms with E-state index in [0.717, 1.165) is 20.7 Å². The lowest BCUT2D eigenvalue weighted by molar-refractivity contribution is -0.120. The van der Waals surface area contributed by atoms with Crippen molar-refractivity contribution in [1.82, 2.24) is 9.62 Å². The lowest BCUT2D eigenvalue weighted by atomic mass is 9.98. The van der Waals surface area contributed by atoms with Crippen LogP contribution in [0, 0.1) is 5.92 Å². The van der Waals surface area contributed by atoms with Gasteiger partial charge in [-0.05, 0) is 58.6 Å². The van der Waals surface area contributed by atoms with Crippen molar-refractivity contribution in [3.8, 4) is 0 Å². The molecule has 28 heavy (non-hydrogen) atoms. The van der Waals surface area contributed by atoms with Gasteiger partial charge in [-0.1, -0.05) is 6.07 Å². The average molecular weight is 484 g/mol. The first-order valence-electron chi connectivity index (χ1n) is 8.82. The van der Waals surface area contributed by atoms with E-state index in [1.165, 1.54) is 4.31 Å². The smallest absolute Gasteiger partial charge is 0.252 e. The summed E-state index contributed by atoms with van der Waals surface area (Å²) in [5.74, 6) is -0.817. The molecular formula is C18H18BrN3O4S2. The van der Waals surface area contributed by atoms with E-state index in [9.17, 15) is 18.0 Å². The number of carbonyl (C=O) groups is 2. The molecule has 0 bridgehead atoms. The Morgan fingerprint density at radius 1 is 1.29 bits per heavy atom. The van der Waals surface area contributed by atoms with Gasteiger partial charge < -0.3 is 10.6 Å². The molecule has 1 fully saturated rings. The second-order valence-corrected chi connectivity index (χ2v) is 11.4. The number of anilines is 1. The standard InChI is InChI=1S/C18H18BrN3O4S2/c19-15-5-6-16(27-15)28(25,26)22-7-1-2-12(10-22)17(23)21-13-4-3-11-9-20-18(24)14(11)8-13/h3-6,8,12H,1-2,7,9-10H2,(H,20,24)(H,21,23). The van der Waals surface area contributed by atoms with E-state index in [1.807, 2.05) is 6.07 Å². The minimum atomic E-state index is -3.61. The summed E-state index contributed by atoms with van der Waals surface area (Å²) in [6.45, 7) is 1.05. The van der Waals surface area contributed by atoms with Gasteiger partial charge in [0, 0.05) is 30.9 Å². The fourth-order valence-electron chi connectivity index (χ4n) is 3.47. The number of piperidine rings is 1. The Kier molecular flexibility index (Phi) is 5.30. The quantitative estimate of drug-likeness (QED) is 0.698. The molecule has 0 aliphatic carbocycles. The maximum atomic E-state index is 12.8. The minimum absolute atomic E-state index is 0.148. The van der Waals surface area contributed by atoms with Crippen LogP contribution in [0.5, 0.6) is 0 Å². The van der Waals surface area contributed by atoms with Crippen molar-refractivity contribution in [2.45, 2.75) is 23.6 Å². The van der Waals surface area contributed by atoms with Crippen LogP contribution in [-0.2, 0) is 21.4 Å². The molecule has 2 aliphatic heterocycles. The van der Waals surface area contributed by atoms with Gasteiger partial charge in [0.25, 0.3) is 15.9 Å². The summed E-state index contributed by atoms with van der Waals surface area (Å²) in [6.07, 6.45) is 1.24. The van der Waals surface area contributed by atoms with Gasteiger partial charge in [0.05, 0.1) is 9.70 Å². The summed E-state index contributed by atoms with van der Waals surface area (Å²) in [4.78, 5) is 24.5. The molecular weight excluding hydrogens is 466 g/mol. The summed E-state index contributed by atoms with van der Waals surface area (Å²) in [5, 5.41) is 5.57. The number of nitrogens with zero attached hydrogens (tertiary/aromatic N) is 1. The Morgan fingerprint density at radius 2 is 2.11 bits per heavy atom. The topological polar surface area (TPSA) is 95.6 Å². The Hall–Kier alpha value is -1.75. The van der Waals surface area contributed by atoms with Crippen molar-refractivity contribution in [3.05, 3.63) is 45.2 Å². The van der Waals surface area contributed by atoms with Crippen molar-refractivity contribution >= 4 is 54.8 Å². The van der Waals surface area contributed by atoms with E-state index in [2.05, 4.69) is 26.6 Å². The van der Waals surface area contributed by atoms with Gasteiger partial charge in [0.15, 0.2) is 0 Å². The van der Waals surface area contributed by atoms with Gasteiger partial charge in [-0.2, -0.15) is 4.31 Å². The second kappa shape index (κ2) is 7.58. The van der Waals surface area contributed by atoms with Crippen molar-refractivity contribution in [2.24, 2.45) is 5.92 Å². The molecule has 1 atom stereocenters. The predicted molar refractivity (Wildman–Crippen MR) is 110 cm³/mol. The zero-order valence-corrected chi connectivity index (χ0v) is 18.0. The maximum Gasteiger partial charge on any atom is 0.252 e. The number of amides is 2. The molecule has 2 amide bonds. The zero-order valence-electron chi connectivity index (χ0n) is 14.8.